The summed E-state index contributed by atoms with van der Waals surface area (Å²) in [6.45, 7) is 2.21. The molecule has 2 aromatic rings. The molecule has 0 radical (unpaired) electrons. The Morgan fingerprint density at radius 3 is 2.52 bits per heavy atom. The van der Waals surface area contributed by atoms with Crippen LogP contribution in [0.5, 0.6) is 5.75 Å². The van der Waals surface area contributed by atoms with Crippen LogP contribution in [-0.4, -0.2) is 60.8 Å². The molecule has 1 saturated heterocycles. The van der Waals surface area contributed by atoms with E-state index in [2.05, 4.69) is 10.6 Å². The molecule has 2 amide bonds. The predicted octanol–water partition coefficient (Wildman–Crippen LogP) is 1.97. The maximum absolute atomic E-state index is 14.0. The van der Waals surface area contributed by atoms with Crippen molar-refractivity contribution in [3.05, 3.63) is 64.7 Å². The Bertz CT molecular complexity index is 1070. The zero-order chi connectivity index (χ0) is 23.3. The fourth-order valence-corrected chi connectivity index (χ4v) is 5.36. The van der Waals surface area contributed by atoms with Gasteiger partial charge in [-0.2, -0.15) is 0 Å². The second kappa shape index (κ2) is 8.43. The van der Waals surface area contributed by atoms with Gasteiger partial charge in [0.25, 0.3) is 5.91 Å². The highest BCUT2D eigenvalue weighted by molar-refractivity contribution is 5.95. The summed E-state index contributed by atoms with van der Waals surface area (Å²) in [6, 6.07) is 12.9. The van der Waals surface area contributed by atoms with Crippen LogP contribution in [0.2, 0.25) is 0 Å². The molecule has 0 bridgehead atoms. The van der Waals surface area contributed by atoms with Gasteiger partial charge in [-0.1, -0.05) is 30.3 Å². The van der Waals surface area contributed by atoms with Crippen molar-refractivity contribution in [2.24, 2.45) is 11.8 Å². The van der Waals surface area contributed by atoms with Crippen LogP contribution in [0.3, 0.4) is 0 Å². The van der Waals surface area contributed by atoms with Crippen LogP contribution < -0.4 is 15.4 Å². The maximum Gasteiger partial charge on any atom is 0.251 e. The van der Waals surface area contributed by atoms with Gasteiger partial charge in [0.2, 0.25) is 5.91 Å². The Kier molecular flexibility index (Phi) is 5.58. The number of hydrogen-bond acceptors (Lipinski definition) is 5. The number of aliphatic hydroxyl groups is 1. The van der Waals surface area contributed by atoms with Crippen LogP contribution in [0.25, 0.3) is 0 Å². The van der Waals surface area contributed by atoms with Gasteiger partial charge in [-0.05, 0) is 24.7 Å². The molecule has 2 aromatic carbocycles. The molecule has 7 nitrogen and oxygen atoms in total. The maximum atomic E-state index is 14.0. The van der Waals surface area contributed by atoms with E-state index in [9.17, 15) is 19.1 Å². The summed E-state index contributed by atoms with van der Waals surface area (Å²) in [5.41, 5.74) is 2.40. The Morgan fingerprint density at radius 1 is 1.21 bits per heavy atom. The van der Waals surface area contributed by atoms with Crippen molar-refractivity contribution in [1.82, 2.24) is 15.5 Å². The number of fused-ring (bicyclic) bond motifs is 2. The fraction of sp³-hybridized carbons (Fsp3) is 0.440. The topological polar surface area (TPSA) is 90.9 Å². The number of amides is 2. The lowest BCUT2D eigenvalue weighted by Gasteiger charge is -2.19. The summed E-state index contributed by atoms with van der Waals surface area (Å²) < 4.78 is 19.9. The number of benzene rings is 2. The van der Waals surface area contributed by atoms with Crippen molar-refractivity contribution in [3.8, 4) is 5.75 Å². The Balaban J connectivity index is 1.45. The van der Waals surface area contributed by atoms with Gasteiger partial charge in [0.15, 0.2) is 0 Å². The van der Waals surface area contributed by atoms with Crippen molar-refractivity contribution in [2.45, 2.75) is 31.2 Å². The number of nitrogens with one attached hydrogen (secondary N) is 2. The van der Waals surface area contributed by atoms with E-state index in [1.54, 1.807) is 26.1 Å². The number of alkyl halides is 1. The number of nitrogens with zero attached hydrogens (tertiary/aromatic N) is 1. The van der Waals surface area contributed by atoms with Crippen molar-refractivity contribution in [2.75, 3.05) is 26.8 Å². The minimum atomic E-state index is -1.06. The molecule has 33 heavy (non-hydrogen) atoms. The average molecular weight is 454 g/mol. The summed E-state index contributed by atoms with van der Waals surface area (Å²) in [5.74, 6) is 0.422. The minimum absolute atomic E-state index is 0.0405. The molecular weight excluding hydrogens is 425 g/mol. The standard InChI is InChI=1S/C25H28FN3O4/c1-13(30)29-11-18-19(12-29)22(18)28-24(31)15-8-16-21(14-6-4-3-5-7-14)20(10-26)33-23(16)17(9-15)25(32)27-2/h3-9,18-22,25,27,32H,10-12H2,1-2H3,(H,28,31)/t18-,19+,20-,21+,22?,25?/m0/s1. The van der Waals surface area contributed by atoms with Gasteiger partial charge in [-0.3, -0.25) is 14.9 Å². The largest absolute Gasteiger partial charge is 0.486 e. The summed E-state index contributed by atoms with van der Waals surface area (Å²) in [7, 11) is 1.60. The van der Waals surface area contributed by atoms with Crippen LogP contribution in [0.1, 0.15) is 46.1 Å². The van der Waals surface area contributed by atoms with E-state index < -0.39 is 19.0 Å². The first-order valence-electron chi connectivity index (χ1n) is 11.3. The first-order chi connectivity index (χ1) is 15.9. The molecule has 8 heteroatoms. The molecule has 0 aromatic heterocycles. The first kappa shape index (κ1) is 21.9. The second-order valence-electron chi connectivity index (χ2n) is 9.12. The normalized spacial score (nSPS) is 28.0. The summed E-state index contributed by atoms with van der Waals surface area (Å²) in [6.07, 6.45) is -1.80. The summed E-state index contributed by atoms with van der Waals surface area (Å²) in [4.78, 5) is 26.6. The number of carbonyl (C=O) groups excluding carboxylic acids is 2. The van der Waals surface area contributed by atoms with Crippen molar-refractivity contribution >= 4 is 11.8 Å². The predicted molar refractivity (Wildman–Crippen MR) is 120 cm³/mol. The lowest BCUT2D eigenvalue weighted by atomic mass is 9.86. The number of piperidine rings is 1. The summed E-state index contributed by atoms with van der Waals surface area (Å²) >= 11 is 0. The van der Waals surface area contributed by atoms with Gasteiger partial charge in [0.1, 0.15) is 24.8 Å². The molecule has 6 atom stereocenters. The Morgan fingerprint density at radius 2 is 1.91 bits per heavy atom. The van der Waals surface area contributed by atoms with Crippen molar-refractivity contribution in [1.29, 1.82) is 0 Å². The van der Waals surface area contributed by atoms with E-state index in [4.69, 9.17) is 4.74 Å². The minimum Gasteiger partial charge on any atom is -0.486 e. The lowest BCUT2D eigenvalue weighted by Crippen LogP contribution is -2.36. The van der Waals surface area contributed by atoms with E-state index in [-0.39, 0.29) is 35.6 Å². The molecule has 5 rings (SSSR count). The van der Waals surface area contributed by atoms with Crippen LogP contribution in [-0.2, 0) is 4.79 Å². The van der Waals surface area contributed by atoms with Crippen LogP contribution >= 0.6 is 0 Å². The van der Waals surface area contributed by atoms with E-state index in [0.29, 0.717) is 35.5 Å². The third-order valence-electron chi connectivity index (χ3n) is 7.20. The number of carbonyl (C=O) groups is 2. The number of rotatable bonds is 6. The van der Waals surface area contributed by atoms with Gasteiger partial charge in [0, 0.05) is 54.6 Å². The second-order valence-corrected chi connectivity index (χ2v) is 9.12. The Hall–Kier alpha value is -2.97. The van der Waals surface area contributed by atoms with Crippen molar-refractivity contribution < 1.29 is 23.8 Å². The molecule has 2 heterocycles. The molecular formula is C25H28FN3O4. The highest BCUT2D eigenvalue weighted by Gasteiger charge is 2.57. The lowest BCUT2D eigenvalue weighted by molar-refractivity contribution is -0.128. The Labute approximate surface area is 191 Å². The quantitative estimate of drug-likeness (QED) is 0.582. The van der Waals surface area contributed by atoms with Gasteiger partial charge >= 0.3 is 0 Å². The fourth-order valence-electron chi connectivity index (χ4n) is 5.36. The van der Waals surface area contributed by atoms with Gasteiger partial charge in [-0.25, -0.2) is 4.39 Å². The molecule has 3 aliphatic rings. The molecule has 0 spiro atoms. The van der Waals surface area contributed by atoms with Gasteiger partial charge in [-0.15, -0.1) is 0 Å². The van der Waals surface area contributed by atoms with Crippen molar-refractivity contribution in [3.63, 3.8) is 0 Å². The van der Waals surface area contributed by atoms with E-state index >= 15 is 0 Å². The smallest absolute Gasteiger partial charge is 0.251 e. The molecule has 2 aliphatic heterocycles. The molecule has 2 unspecified atom stereocenters. The third kappa shape index (κ3) is 3.77. The monoisotopic (exact) mass is 453 g/mol. The van der Waals surface area contributed by atoms with Gasteiger partial charge in [0.05, 0.1) is 5.92 Å². The molecule has 174 valence electrons. The number of ether oxygens (including phenoxy) is 1. The summed E-state index contributed by atoms with van der Waals surface area (Å²) in [5, 5.41) is 16.4. The number of halogens is 1. The molecule has 2 fully saturated rings. The molecule has 1 saturated carbocycles. The zero-order valence-corrected chi connectivity index (χ0v) is 18.6. The number of likely N-dealkylation sites (tertiary alicyclic amines) is 1. The first-order valence-corrected chi connectivity index (χ1v) is 11.3. The third-order valence-corrected chi connectivity index (χ3v) is 7.20. The van der Waals surface area contributed by atoms with E-state index in [1.165, 1.54) is 0 Å². The number of hydrogen-bond donors (Lipinski definition) is 3. The van der Waals surface area contributed by atoms with Crippen LogP contribution in [0.4, 0.5) is 4.39 Å². The highest BCUT2D eigenvalue weighted by atomic mass is 19.1. The van der Waals surface area contributed by atoms with Crippen LogP contribution in [0, 0.1) is 11.8 Å². The zero-order valence-electron chi connectivity index (χ0n) is 18.6. The van der Waals surface area contributed by atoms with E-state index in [0.717, 1.165) is 5.56 Å². The van der Waals surface area contributed by atoms with E-state index in [1.807, 2.05) is 35.2 Å². The number of aliphatic hydroxyl groups excluding tert-OH is 1. The van der Waals surface area contributed by atoms with Crippen LogP contribution in [0.15, 0.2) is 42.5 Å². The average Bonchev–Trinajstić information content (AvgIpc) is 3.18. The molecule has 1 aliphatic carbocycles. The highest BCUT2D eigenvalue weighted by Crippen LogP contribution is 2.47. The molecule has 3 N–H and O–H groups in total. The van der Waals surface area contributed by atoms with Gasteiger partial charge < -0.3 is 20.1 Å². The SMILES string of the molecule is CNC(O)c1cc(C(=O)NC2[C@H]3CN(C(C)=O)C[C@@H]23)cc2c1O[C@@H](CF)[C@@H]2c1ccccc1.